The summed E-state index contributed by atoms with van der Waals surface area (Å²) in [5, 5.41) is 3.03. The van der Waals surface area contributed by atoms with Crippen LogP contribution in [-0.2, 0) is 4.79 Å². The molecule has 0 aromatic carbocycles. The molecule has 1 saturated heterocycles. The zero-order chi connectivity index (χ0) is 13.1. The molecule has 1 aliphatic heterocycles. The van der Waals surface area contributed by atoms with Crippen molar-refractivity contribution in [3.63, 3.8) is 0 Å². The van der Waals surface area contributed by atoms with Gasteiger partial charge in [-0.2, -0.15) is 0 Å². The zero-order valence-electron chi connectivity index (χ0n) is 12.2. The van der Waals surface area contributed by atoms with Crippen molar-refractivity contribution in [3.05, 3.63) is 0 Å². The van der Waals surface area contributed by atoms with Crippen LogP contribution >= 0.6 is 0 Å². The van der Waals surface area contributed by atoms with E-state index in [1.807, 2.05) is 0 Å². The van der Waals surface area contributed by atoms with E-state index in [0.717, 1.165) is 19.4 Å². The van der Waals surface area contributed by atoms with Gasteiger partial charge in [0.25, 0.3) is 0 Å². The molecule has 0 radical (unpaired) electrons. The molecule has 0 spiro atoms. The van der Waals surface area contributed by atoms with Crippen LogP contribution in [0.5, 0.6) is 0 Å². The molecular weight excluding hydrogens is 222 g/mol. The fourth-order valence-corrected chi connectivity index (χ4v) is 2.80. The maximum absolute atomic E-state index is 11.7. The van der Waals surface area contributed by atoms with Crippen LogP contribution in [0.15, 0.2) is 0 Å². The lowest BCUT2D eigenvalue weighted by atomic mass is 9.95. The van der Waals surface area contributed by atoms with Gasteiger partial charge in [0.2, 0.25) is 5.91 Å². The second-order valence-corrected chi connectivity index (χ2v) is 5.75. The molecule has 1 N–H and O–H groups in total. The Morgan fingerprint density at radius 2 is 1.67 bits per heavy atom. The summed E-state index contributed by atoms with van der Waals surface area (Å²) in [5.74, 6) is 0.628. The van der Waals surface area contributed by atoms with Crippen LogP contribution < -0.4 is 5.32 Å². The molecule has 0 saturated carbocycles. The van der Waals surface area contributed by atoms with Crippen molar-refractivity contribution < 1.29 is 4.79 Å². The Morgan fingerprint density at radius 1 is 1.00 bits per heavy atom. The van der Waals surface area contributed by atoms with Crippen LogP contribution in [0.3, 0.4) is 0 Å². The van der Waals surface area contributed by atoms with Gasteiger partial charge < -0.3 is 5.32 Å². The topological polar surface area (TPSA) is 29.1 Å². The van der Waals surface area contributed by atoms with Gasteiger partial charge in [-0.05, 0) is 19.3 Å². The third-order valence-corrected chi connectivity index (χ3v) is 4.06. The number of carbonyl (C=O) groups excluding carboxylic acids is 1. The number of rotatable bonds is 9. The smallest absolute Gasteiger partial charge is 0.223 e. The second-order valence-electron chi connectivity index (χ2n) is 5.75. The largest absolute Gasteiger partial charge is 0.356 e. The van der Waals surface area contributed by atoms with Crippen LogP contribution in [0.2, 0.25) is 0 Å². The van der Waals surface area contributed by atoms with Crippen LogP contribution in [0.4, 0.5) is 0 Å². The maximum Gasteiger partial charge on any atom is 0.223 e. The minimum Gasteiger partial charge on any atom is -0.356 e. The summed E-state index contributed by atoms with van der Waals surface area (Å²) in [6.07, 6.45) is 15.4. The fraction of sp³-hybridized carbons (Fsp3) is 0.938. The SMILES string of the molecule is CCCCCCCCCCC1CCCCNC1=O. The normalized spacial score (nSPS) is 20.5. The Bertz CT molecular complexity index is 215. The van der Waals surface area contributed by atoms with Crippen molar-refractivity contribution in [2.24, 2.45) is 5.92 Å². The highest BCUT2D eigenvalue weighted by Crippen LogP contribution is 2.20. The van der Waals surface area contributed by atoms with Gasteiger partial charge in [-0.3, -0.25) is 4.79 Å². The lowest BCUT2D eigenvalue weighted by molar-refractivity contribution is -0.124. The molecule has 1 amide bonds. The number of nitrogens with one attached hydrogen (secondary N) is 1. The predicted octanol–water partition coefficient (Wildman–Crippen LogP) is 4.43. The third-order valence-electron chi connectivity index (χ3n) is 4.06. The molecule has 0 bridgehead atoms. The first kappa shape index (κ1) is 15.5. The molecule has 106 valence electrons. The molecule has 0 aromatic heterocycles. The molecule has 1 heterocycles. The number of hydrogen-bond acceptors (Lipinski definition) is 1. The second kappa shape index (κ2) is 10.4. The van der Waals surface area contributed by atoms with Gasteiger partial charge in [-0.25, -0.2) is 0 Å². The lowest BCUT2D eigenvalue weighted by Crippen LogP contribution is -2.28. The summed E-state index contributed by atoms with van der Waals surface area (Å²) in [6, 6.07) is 0. The van der Waals surface area contributed by atoms with Gasteiger partial charge in [0.05, 0.1) is 0 Å². The van der Waals surface area contributed by atoms with E-state index in [4.69, 9.17) is 0 Å². The van der Waals surface area contributed by atoms with Crippen molar-refractivity contribution in [1.29, 1.82) is 0 Å². The summed E-state index contributed by atoms with van der Waals surface area (Å²) in [5.41, 5.74) is 0. The van der Waals surface area contributed by atoms with E-state index in [0.29, 0.717) is 11.8 Å². The number of carbonyl (C=O) groups is 1. The van der Waals surface area contributed by atoms with Crippen molar-refractivity contribution in [2.75, 3.05) is 6.54 Å². The maximum atomic E-state index is 11.7. The number of hydrogen-bond donors (Lipinski definition) is 1. The van der Waals surface area contributed by atoms with Crippen molar-refractivity contribution in [2.45, 2.75) is 84.0 Å². The highest BCUT2D eigenvalue weighted by molar-refractivity contribution is 5.78. The first-order valence-corrected chi connectivity index (χ1v) is 8.12. The van der Waals surface area contributed by atoms with E-state index in [-0.39, 0.29) is 0 Å². The molecule has 0 aromatic rings. The molecule has 1 unspecified atom stereocenters. The van der Waals surface area contributed by atoms with E-state index in [2.05, 4.69) is 12.2 Å². The highest BCUT2D eigenvalue weighted by Gasteiger charge is 2.19. The summed E-state index contributed by atoms with van der Waals surface area (Å²) >= 11 is 0. The van der Waals surface area contributed by atoms with Crippen LogP contribution in [0.1, 0.15) is 84.0 Å². The van der Waals surface area contributed by atoms with E-state index in [9.17, 15) is 4.79 Å². The number of unbranched alkanes of at least 4 members (excludes halogenated alkanes) is 7. The minimum absolute atomic E-state index is 0.313. The van der Waals surface area contributed by atoms with Crippen LogP contribution in [0, 0.1) is 5.92 Å². The molecule has 1 aliphatic rings. The van der Waals surface area contributed by atoms with Gasteiger partial charge in [-0.1, -0.05) is 64.7 Å². The van der Waals surface area contributed by atoms with Crippen LogP contribution in [-0.4, -0.2) is 12.5 Å². The lowest BCUT2D eigenvalue weighted by Gasteiger charge is -2.12. The standard InChI is InChI=1S/C16H31NO/c1-2-3-4-5-6-7-8-9-12-15-13-10-11-14-17-16(15)18/h15H,2-14H2,1H3,(H,17,18). The van der Waals surface area contributed by atoms with Crippen LogP contribution in [0.25, 0.3) is 0 Å². The average molecular weight is 253 g/mol. The Balaban J connectivity index is 1.94. The first-order valence-electron chi connectivity index (χ1n) is 8.12. The Hall–Kier alpha value is -0.530. The van der Waals surface area contributed by atoms with Crippen molar-refractivity contribution in [3.8, 4) is 0 Å². The molecule has 2 heteroatoms. The summed E-state index contributed by atoms with van der Waals surface area (Å²) in [7, 11) is 0. The third kappa shape index (κ3) is 7.03. The van der Waals surface area contributed by atoms with Gasteiger partial charge in [-0.15, -0.1) is 0 Å². The Kier molecular flexibility index (Phi) is 8.97. The van der Waals surface area contributed by atoms with E-state index in [1.54, 1.807) is 0 Å². The minimum atomic E-state index is 0.313. The Labute approximate surface area is 113 Å². The quantitative estimate of drug-likeness (QED) is 0.605. The van der Waals surface area contributed by atoms with Gasteiger partial charge in [0, 0.05) is 12.5 Å². The van der Waals surface area contributed by atoms with Gasteiger partial charge >= 0.3 is 0 Å². The summed E-state index contributed by atoms with van der Waals surface area (Å²) in [6.45, 7) is 3.16. The molecule has 1 atom stereocenters. The highest BCUT2D eigenvalue weighted by atomic mass is 16.1. The monoisotopic (exact) mass is 253 g/mol. The fourth-order valence-electron chi connectivity index (χ4n) is 2.80. The Morgan fingerprint density at radius 3 is 2.39 bits per heavy atom. The van der Waals surface area contributed by atoms with Gasteiger partial charge in [0.15, 0.2) is 0 Å². The van der Waals surface area contributed by atoms with E-state index in [1.165, 1.54) is 64.2 Å². The molecule has 1 rings (SSSR count). The first-order chi connectivity index (χ1) is 8.84. The summed E-state index contributed by atoms with van der Waals surface area (Å²) < 4.78 is 0. The average Bonchev–Trinajstić information content (AvgIpc) is 2.58. The zero-order valence-corrected chi connectivity index (χ0v) is 12.2. The molecular formula is C16H31NO. The predicted molar refractivity (Wildman–Crippen MR) is 77.6 cm³/mol. The molecule has 1 fully saturated rings. The summed E-state index contributed by atoms with van der Waals surface area (Å²) in [4.78, 5) is 11.7. The van der Waals surface area contributed by atoms with E-state index < -0.39 is 0 Å². The van der Waals surface area contributed by atoms with Gasteiger partial charge in [0.1, 0.15) is 0 Å². The van der Waals surface area contributed by atoms with Crippen molar-refractivity contribution in [1.82, 2.24) is 5.32 Å². The van der Waals surface area contributed by atoms with E-state index >= 15 is 0 Å². The molecule has 2 nitrogen and oxygen atoms in total. The molecule has 0 aliphatic carbocycles. The number of amides is 1. The molecule has 18 heavy (non-hydrogen) atoms. The van der Waals surface area contributed by atoms with Crippen molar-refractivity contribution >= 4 is 5.91 Å².